The average molecular weight is 343 g/mol. The fraction of sp³-hybridized carbons (Fsp3) is 0.947. The molecule has 1 N–H and O–H groups in total. The average Bonchev–Trinajstić information content (AvgIpc) is 2.49. The third-order valence-electron chi connectivity index (χ3n) is 4.71. The minimum Gasteiger partial charge on any atom is -0.444 e. The van der Waals surface area contributed by atoms with Crippen molar-refractivity contribution in [2.75, 3.05) is 26.7 Å². The molecular weight excluding hydrogens is 304 g/mol. The van der Waals surface area contributed by atoms with Crippen LogP contribution in [0.4, 0.5) is 4.79 Å². The maximum atomic E-state index is 12.2. The number of ether oxygens (including phenoxy) is 2. The predicted molar refractivity (Wildman–Crippen MR) is 98.3 cm³/mol. The molecule has 1 aliphatic heterocycles. The van der Waals surface area contributed by atoms with Gasteiger partial charge in [-0.3, -0.25) is 0 Å². The number of piperidine rings is 1. The minimum atomic E-state index is -0.444. The first-order valence-corrected chi connectivity index (χ1v) is 9.33. The van der Waals surface area contributed by atoms with Gasteiger partial charge in [0, 0.05) is 32.8 Å². The van der Waals surface area contributed by atoms with Gasteiger partial charge in [0.15, 0.2) is 0 Å². The summed E-state index contributed by atoms with van der Waals surface area (Å²) in [7, 11) is 1.78. The molecule has 0 radical (unpaired) electrons. The third-order valence-corrected chi connectivity index (χ3v) is 4.71. The van der Waals surface area contributed by atoms with Crippen molar-refractivity contribution in [2.24, 2.45) is 5.92 Å². The van der Waals surface area contributed by atoms with Crippen LogP contribution in [-0.4, -0.2) is 55.0 Å². The first-order valence-electron chi connectivity index (χ1n) is 9.33. The Bertz CT molecular complexity index is 383. The van der Waals surface area contributed by atoms with Crippen LogP contribution in [0.5, 0.6) is 0 Å². The summed E-state index contributed by atoms with van der Waals surface area (Å²) in [5.41, 5.74) is -0.620. The Morgan fingerprint density at radius 2 is 1.75 bits per heavy atom. The molecule has 0 bridgehead atoms. The molecule has 1 rings (SSSR count). The van der Waals surface area contributed by atoms with Crippen LogP contribution in [0.15, 0.2) is 0 Å². The minimum absolute atomic E-state index is 0.176. The molecule has 5 heteroatoms. The van der Waals surface area contributed by atoms with E-state index in [0.717, 1.165) is 25.3 Å². The van der Waals surface area contributed by atoms with Crippen molar-refractivity contribution in [2.45, 2.75) is 84.5 Å². The lowest BCUT2D eigenvalue weighted by Crippen LogP contribution is -2.54. The number of nitrogens with zero attached hydrogens (tertiary/aromatic N) is 1. The molecule has 5 nitrogen and oxygen atoms in total. The van der Waals surface area contributed by atoms with Crippen LogP contribution in [0.2, 0.25) is 0 Å². The lowest BCUT2D eigenvalue weighted by molar-refractivity contribution is -0.0598. The lowest BCUT2D eigenvalue weighted by Gasteiger charge is -2.41. The first-order chi connectivity index (χ1) is 11.1. The van der Waals surface area contributed by atoms with E-state index >= 15 is 0 Å². The monoisotopic (exact) mass is 342 g/mol. The molecule has 0 saturated carbocycles. The number of hydrogen-bond donors (Lipinski definition) is 1. The molecule has 1 saturated heterocycles. The topological polar surface area (TPSA) is 50.8 Å². The van der Waals surface area contributed by atoms with Gasteiger partial charge >= 0.3 is 6.09 Å². The van der Waals surface area contributed by atoms with Crippen LogP contribution in [-0.2, 0) is 9.47 Å². The molecule has 1 atom stereocenters. The van der Waals surface area contributed by atoms with Gasteiger partial charge in [-0.05, 0) is 59.3 Å². The number of carbonyl (C=O) groups is 1. The number of methoxy groups -OCH3 is 1. The van der Waals surface area contributed by atoms with Crippen molar-refractivity contribution in [3.8, 4) is 0 Å². The van der Waals surface area contributed by atoms with Crippen LogP contribution >= 0.6 is 0 Å². The highest BCUT2D eigenvalue weighted by Gasteiger charge is 2.37. The SMILES string of the molecule is COC1(CNC(C)CCC(C)C)CCN(C(=O)OC(C)(C)C)CC1. The van der Waals surface area contributed by atoms with E-state index < -0.39 is 5.60 Å². The number of nitrogens with one attached hydrogen (secondary N) is 1. The van der Waals surface area contributed by atoms with E-state index in [9.17, 15) is 4.79 Å². The van der Waals surface area contributed by atoms with Gasteiger partial charge in [-0.25, -0.2) is 4.79 Å². The lowest BCUT2D eigenvalue weighted by atomic mass is 9.90. The second-order valence-electron chi connectivity index (χ2n) is 8.61. The maximum Gasteiger partial charge on any atom is 0.410 e. The van der Waals surface area contributed by atoms with Crippen molar-refractivity contribution in [1.29, 1.82) is 0 Å². The normalized spacial score (nSPS) is 19.4. The summed E-state index contributed by atoms with van der Waals surface area (Å²) < 4.78 is 11.3. The van der Waals surface area contributed by atoms with Crippen molar-refractivity contribution >= 4 is 6.09 Å². The van der Waals surface area contributed by atoms with Gasteiger partial charge in [-0.1, -0.05) is 13.8 Å². The van der Waals surface area contributed by atoms with Gasteiger partial charge in [0.25, 0.3) is 0 Å². The Morgan fingerprint density at radius 1 is 1.17 bits per heavy atom. The number of likely N-dealkylation sites (tertiary alicyclic amines) is 1. The number of hydrogen-bond acceptors (Lipinski definition) is 4. The van der Waals surface area contributed by atoms with Crippen molar-refractivity contribution in [3.63, 3.8) is 0 Å². The quantitative estimate of drug-likeness (QED) is 0.764. The Kier molecular flexibility index (Phi) is 8.00. The summed E-state index contributed by atoms with van der Waals surface area (Å²) in [5, 5.41) is 3.62. The van der Waals surface area contributed by atoms with E-state index in [2.05, 4.69) is 26.1 Å². The Balaban J connectivity index is 2.44. The molecule has 0 aromatic rings. The summed E-state index contributed by atoms with van der Waals surface area (Å²) in [6.45, 7) is 14.7. The highest BCUT2D eigenvalue weighted by atomic mass is 16.6. The largest absolute Gasteiger partial charge is 0.444 e. The Morgan fingerprint density at radius 3 is 2.21 bits per heavy atom. The second-order valence-corrected chi connectivity index (χ2v) is 8.61. The first kappa shape index (κ1) is 21.2. The molecule has 1 unspecified atom stereocenters. The summed E-state index contributed by atoms with van der Waals surface area (Å²) >= 11 is 0. The standard InChI is InChI=1S/C19H38N2O3/c1-15(2)8-9-16(3)20-14-19(23-7)10-12-21(13-11-19)17(22)24-18(4,5)6/h15-16,20H,8-14H2,1-7H3. The smallest absolute Gasteiger partial charge is 0.410 e. The maximum absolute atomic E-state index is 12.2. The van der Waals surface area contributed by atoms with E-state index in [1.807, 2.05) is 20.8 Å². The molecule has 1 aliphatic rings. The third kappa shape index (κ3) is 7.39. The van der Waals surface area contributed by atoms with Crippen molar-refractivity contribution in [3.05, 3.63) is 0 Å². The van der Waals surface area contributed by atoms with E-state index in [1.165, 1.54) is 12.8 Å². The number of rotatable bonds is 7. The van der Waals surface area contributed by atoms with Gasteiger partial charge in [-0.2, -0.15) is 0 Å². The fourth-order valence-corrected chi connectivity index (χ4v) is 2.92. The molecule has 0 aromatic heterocycles. The van der Waals surface area contributed by atoms with Gasteiger partial charge in [0.2, 0.25) is 0 Å². The number of amides is 1. The zero-order valence-electron chi connectivity index (χ0n) is 16.8. The van der Waals surface area contributed by atoms with Crippen LogP contribution < -0.4 is 5.32 Å². The highest BCUT2D eigenvalue weighted by Crippen LogP contribution is 2.26. The van der Waals surface area contributed by atoms with E-state index in [0.29, 0.717) is 19.1 Å². The van der Waals surface area contributed by atoms with Gasteiger partial charge in [0.05, 0.1) is 5.60 Å². The summed E-state index contributed by atoms with van der Waals surface area (Å²) in [4.78, 5) is 14.0. The van der Waals surface area contributed by atoms with E-state index in [4.69, 9.17) is 9.47 Å². The van der Waals surface area contributed by atoms with Gasteiger partial charge < -0.3 is 19.7 Å². The molecular formula is C19H38N2O3. The molecule has 0 aliphatic carbocycles. The zero-order chi connectivity index (χ0) is 18.4. The zero-order valence-corrected chi connectivity index (χ0v) is 16.8. The summed E-state index contributed by atoms with van der Waals surface area (Å²) in [6.07, 6.45) is 3.88. The van der Waals surface area contributed by atoms with E-state index in [-0.39, 0.29) is 11.7 Å². The van der Waals surface area contributed by atoms with E-state index in [1.54, 1.807) is 12.0 Å². The van der Waals surface area contributed by atoms with Gasteiger partial charge in [0.1, 0.15) is 5.60 Å². The number of carbonyl (C=O) groups excluding carboxylic acids is 1. The molecule has 24 heavy (non-hydrogen) atoms. The van der Waals surface area contributed by atoms with Crippen LogP contribution in [0.1, 0.15) is 67.2 Å². The summed E-state index contributed by atoms with van der Waals surface area (Å²) in [5.74, 6) is 0.739. The van der Waals surface area contributed by atoms with Crippen LogP contribution in [0, 0.1) is 5.92 Å². The van der Waals surface area contributed by atoms with Crippen LogP contribution in [0.25, 0.3) is 0 Å². The molecule has 0 aromatic carbocycles. The highest BCUT2D eigenvalue weighted by molar-refractivity contribution is 5.68. The predicted octanol–water partition coefficient (Wildman–Crippen LogP) is 3.82. The molecule has 142 valence electrons. The molecule has 1 heterocycles. The molecule has 0 spiro atoms. The van der Waals surface area contributed by atoms with Crippen molar-refractivity contribution < 1.29 is 14.3 Å². The molecule has 1 fully saturated rings. The summed E-state index contributed by atoms with van der Waals surface area (Å²) in [6, 6.07) is 0.489. The Labute approximate surface area is 148 Å². The van der Waals surface area contributed by atoms with Crippen LogP contribution in [0.3, 0.4) is 0 Å². The van der Waals surface area contributed by atoms with Gasteiger partial charge in [-0.15, -0.1) is 0 Å². The van der Waals surface area contributed by atoms with Crippen molar-refractivity contribution in [1.82, 2.24) is 10.2 Å². The molecule has 1 amide bonds. The Hall–Kier alpha value is -0.810. The second kappa shape index (κ2) is 9.04. The fourth-order valence-electron chi connectivity index (χ4n) is 2.92.